The summed E-state index contributed by atoms with van der Waals surface area (Å²) in [4.78, 5) is 10.5. The molecule has 6 heteroatoms. The smallest absolute Gasteiger partial charge is 0.137 e. The van der Waals surface area contributed by atoms with Crippen molar-refractivity contribution in [1.29, 1.82) is 0 Å². The molecule has 0 saturated carbocycles. The molecule has 124 valence electrons. The Hall–Kier alpha value is -2.24. The van der Waals surface area contributed by atoms with Crippen LogP contribution in [0.4, 0.5) is 10.2 Å². The first-order chi connectivity index (χ1) is 11.6. The molecule has 0 aliphatic rings. The zero-order valence-corrected chi connectivity index (χ0v) is 14.3. The fourth-order valence-electron chi connectivity index (χ4n) is 2.71. The molecule has 0 amide bonds. The fraction of sp³-hybridized carbons (Fsp3) is 0.222. The molecular formula is C18H18ClFN4. The van der Waals surface area contributed by atoms with Gasteiger partial charge in [0.1, 0.15) is 18.0 Å². The van der Waals surface area contributed by atoms with Gasteiger partial charge in [0.05, 0.1) is 11.6 Å². The Kier molecular flexibility index (Phi) is 4.92. The lowest BCUT2D eigenvalue weighted by atomic mass is 10.0. The number of aromatic nitrogens is 2. The van der Waals surface area contributed by atoms with E-state index in [0.29, 0.717) is 17.1 Å². The molecule has 1 N–H and O–H groups in total. The molecule has 0 fully saturated rings. The van der Waals surface area contributed by atoms with Gasteiger partial charge in [0.15, 0.2) is 0 Å². The van der Waals surface area contributed by atoms with Crippen LogP contribution in [0.25, 0.3) is 10.9 Å². The molecule has 24 heavy (non-hydrogen) atoms. The van der Waals surface area contributed by atoms with Crippen molar-refractivity contribution in [3.8, 4) is 0 Å². The summed E-state index contributed by atoms with van der Waals surface area (Å²) in [6, 6.07) is 12.3. The summed E-state index contributed by atoms with van der Waals surface area (Å²) in [5, 5.41) is 4.65. The van der Waals surface area contributed by atoms with E-state index >= 15 is 0 Å². The molecule has 2 aromatic carbocycles. The van der Waals surface area contributed by atoms with Crippen LogP contribution >= 0.6 is 11.6 Å². The summed E-state index contributed by atoms with van der Waals surface area (Å²) in [5.74, 6) is 0.412. The normalized spacial score (nSPS) is 12.5. The molecule has 4 nitrogen and oxygen atoms in total. The summed E-state index contributed by atoms with van der Waals surface area (Å²) >= 11 is 6.23. The fourth-order valence-corrected chi connectivity index (χ4v) is 3.00. The zero-order valence-electron chi connectivity index (χ0n) is 13.5. The van der Waals surface area contributed by atoms with Crippen LogP contribution in [0, 0.1) is 5.82 Å². The van der Waals surface area contributed by atoms with Crippen LogP contribution in [-0.2, 0) is 0 Å². The Bertz CT molecular complexity index is 828. The van der Waals surface area contributed by atoms with E-state index in [1.807, 2.05) is 43.3 Å². The Morgan fingerprint density at radius 2 is 1.92 bits per heavy atom. The molecule has 1 heterocycles. The molecule has 0 saturated heterocycles. The average molecular weight is 345 g/mol. The Balaban J connectivity index is 1.90. The molecule has 0 spiro atoms. The number of rotatable bonds is 5. The van der Waals surface area contributed by atoms with E-state index in [0.717, 1.165) is 16.7 Å². The Morgan fingerprint density at radius 3 is 2.67 bits per heavy atom. The van der Waals surface area contributed by atoms with E-state index < -0.39 is 0 Å². The quantitative estimate of drug-likeness (QED) is 0.755. The second-order valence-electron chi connectivity index (χ2n) is 5.74. The first kappa shape index (κ1) is 16.6. The minimum absolute atomic E-state index is 0.229. The van der Waals surface area contributed by atoms with E-state index in [1.54, 1.807) is 12.1 Å². The highest BCUT2D eigenvalue weighted by Crippen LogP contribution is 2.29. The van der Waals surface area contributed by atoms with Gasteiger partial charge in [-0.1, -0.05) is 29.8 Å². The Labute approximate surface area is 145 Å². The average Bonchev–Trinajstić information content (AvgIpc) is 2.57. The number of anilines is 1. The Morgan fingerprint density at radius 1 is 1.12 bits per heavy atom. The van der Waals surface area contributed by atoms with Gasteiger partial charge in [0, 0.05) is 22.5 Å². The van der Waals surface area contributed by atoms with Crippen LogP contribution in [0.1, 0.15) is 11.6 Å². The molecule has 0 radical (unpaired) electrons. The van der Waals surface area contributed by atoms with Gasteiger partial charge >= 0.3 is 0 Å². The van der Waals surface area contributed by atoms with E-state index in [4.69, 9.17) is 11.6 Å². The van der Waals surface area contributed by atoms with E-state index in [9.17, 15) is 4.39 Å². The van der Waals surface area contributed by atoms with Crippen LogP contribution in [0.15, 0.2) is 48.8 Å². The maximum atomic E-state index is 14.3. The first-order valence-corrected chi connectivity index (χ1v) is 7.99. The number of benzene rings is 2. The predicted molar refractivity (Wildman–Crippen MR) is 95.9 cm³/mol. The highest BCUT2D eigenvalue weighted by molar-refractivity contribution is 6.31. The van der Waals surface area contributed by atoms with Crippen molar-refractivity contribution in [3.05, 3.63) is 65.2 Å². The first-order valence-electron chi connectivity index (χ1n) is 7.62. The van der Waals surface area contributed by atoms with Gasteiger partial charge in [-0.15, -0.1) is 0 Å². The topological polar surface area (TPSA) is 41.0 Å². The molecule has 3 rings (SSSR count). The van der Waals surface area contributed by atoms with Gasteiger partial charge in [-0.2, -0.15) is 0 Å². The van der Waals surface area contributed by atoms with Gasteiger partial charge in [-0.05, 0) is 38.4 Å². The highest BCUT2D eigenvalue weighted by Gasteiger charge is 2.21. The number of likely N-dealkylation sites (N-methyl/N-ethyl adjacent to an activating group) is 1. The lowest BCUT2D eigenvalue weighted by Gasteiger charge is -2.26. The van der Waals surface area contributed by atoms with Crippen molar-refractivity contribution in [2.45, 2.75) is 6.04 Å². The van der Waals surface area contributed by atoms with E-state index in [2.05, 4.69) is 15.3 Å². The second kappa shape index (κ2) is 7.11. The van der Waals surface area contributed by atoms with Gasteiger partial charge in [0.25, 0.3) is 0 Å². The van der Waals surface area contributed by atoms with Gasteiger partial charge < -0.3 is 10.2 Å². The molecule has 0 aliphatic heterocycles. The van der Waals surface area contributed by atoms with E-state index in [-0.39, 0.29) is 11.9 Å². The summed E-state index contributed by atoms with van der Waals surface area (Å²) in [6.07, 6.45) is 1.52. The highest BCUT2D eigenvalue weighted by atomic mass is 35.5. The van der Waals surface area contributed by atoms with Crippen LogP contribution in [0.3, 0.4) is 0 Å². The lowest BCUT2D eigenvalue weighted by molar-refractivity contribution is 0.304. The van der Waals surface area contributed by atoms with Gasteiger partial charge in [-0.25, -0.2) is 14.4 Å². The van der Waals surface area contributed by atoms with E-state index in [1.165, 1.54) is 12.4 Å². The molecule has 3 aromatic rings. The lowest BCUT2D eigenvalue weighted by Crippen LogP contribution is -2.28. The maximum absolute atomic E-state index is 14.3. The number of halogens is 2. The summed E-state index contributed by atoms with van der Waals surface area (Å²) in [5.41, 5.74) is 1.34. The number of fused-ring (bicyclic) bond motifs is 1. The number of nitrogens with one attached hydrogen (secondary N) is 1. The van der Waals surface area contributed by atoms with Crippen molar-refractivity contribution in [1.82, 2.24) is 14.9 Å². The molecule has 0 aliphatic carbocycles. The van der Waals surface area contributed by atoms with Gasteiger partial charge in [0.2, 0.25) is 0 Å². The van der Waals surface area contributed by atoms with Crippen LogP contribution in [0.2, 0.25) is 5.02 Å². The predicted octanol–water partition coefficient (Wildman–Crippen LogP) is 4.14. The second-order valence-corrected chi connectivity index (χ2v) is 6.14. The molecular weight excluding hydrogens is 327 g/mol. The third-order valence-corrected chi connectivity index (χ3v) is 4.29. The van der Waals surface area contributed by atoms with Crippen LogP contribution in [0.5, 0.6) is 0 Å². The number of para-hydroxylation sites is 1. The monoisotopic (exact) mass is 344 g/mol. The molecule has 0 unspecified atom stereocenters. The largest absolute Gasteiger partial charge is 0.368 e. The van der Waals surface area contributed by atoms with Crippen molar-refractivity contribution in [3.63, 3.8) is 0 Å². The van der Waals surface area contributed by atoms with Crippen LogP contribution < -0.4 is 5.32 Å². The molecule has 0 bridgehead atoms. The molecule has 1 aromatic heterocycles. The SMILES string of the molecule is CN(C)[C@@H](CNc1ncnc2ccccc12)c1c(F)cccc1Cl. The summed E-state index contributed by atoms with van der Waals surface area (Å²) < 4.78 is 14.3. The standard InChI is InChI=1S/C18H18ClFN4/c1-24(2)16(17-13(19)7-5-8-14(17)20)10-21-18-12-6-3-4-9-15(12)22-11-23-18/h3-9,11,16H,10H2,1-2H3,(H,21,22,23)/t16-/m0/s1. The maximum Gasteiger partial charge on any atom is 0.137 e. The van der Waals surface area contributed by atoms with Crippen molar-refractivity contribution < 1.29 is 4.39 Å². The third kappa shape index (κ3) is 3.32. The van der Waals surface area contributed by atoms with Crippen molar-refractivity contribution >= 4 is 28.3 Å². The van der Waals surface area contributed by atoms with Crippen LogP contribution in [-0.4, -0.2) is 35.5 Å². The van der Waals surface area contributed by atoms with Gasteiger partial charge in [-0.3, -0.25) is 0 Å². The minimum Gasteiger partial charge on any atom is -0.368 e. The number of hydrogen-bond acceptors (Lipinski definition) is 4. The minimum atomic E-state index is -0.310. The van der Waals surface area contributed by atoms with Crippen molar-refractivity contribution in [2.75, 3.05) is 26.0 Å². The third-order valence-electron chi connectivity index (χ3n) is 3.96. The molecule has 1 atom stereocenters. The van der Waals surface area contributed by atoms with Crippen molar-refractivity contribution in [2.24, 2.45) is 0 Å². The number of nitrogens with zero attached hydrogens (tertiary/aromatic N) is 3. The number of hydrogen-bond donors (Lipinski definition) is 1. The summed E-state index contributed by atoms with van der Waals surface area (Å²) in [6.45, 7) is 0.467. The summed E-state index contributed by atoms with van der Waals surface area (Å²) in [7, 11) is 3.79. The zero-order chi connectivity index (χ0) is 17.1.